The Morgan fingerprint density at radius 2 is 0.826 bits per heavy atom. The van der Waals surface area contributed by atoms with E-state index in [9.17, 15) is 73.7 Å². The Balaban J connectivity index is 2.73. The standard InChI is InChI=1S/C31H5F6N9/c32-30(33,34)27-4-15(6-38)20(1-17(27)8-40)23(11-43)22-3-19(10-42)29(26(14-46)24(22)12-44)25(13-45)21-2-18(9-41)28(31(35,36)37)5-16(21)7-39/h1-5H/b23-22+,29-25+. The summed E-state index contributed by atoms with van der Waals surface area (Å²) >= 11 is 0. The lowest BCUT2D eigenvalue weighted by atomic mass is 9.87. The number of halogens is 6. The second-order valence-electron chi connectivity index (χ2n) is 8.74. The molecule has 3 aromatic rings. The van der Waals surface area contributed by atoms with E-state index in [2.05, 4.69) is 0 Å². The Labute approximate surface area is 253 Å². The first kappa shape index (κ1) is 32.9. The molecule has 0 saturated carbocycles. The summed E-state index contributed by atoms with van der Waals surface area (Å²) in [6.45, 7) is 0. The minimum absolute atomic E-state index is 0.283. The quantitative estimate of drug-likeness (QED) is 0.375. The van der Waals surface area contributed by atoms with Crippen LogP contribution in [0.5, 0.6) is 0 Å². The molecule has 0 fully saturated rings. The maximum Gasteiger partial charge on any atom is 0.417 e. The van der Waals surface area contributed by atoms with E-state index < -0.39 is 95.1 Å². The lowest BCUT2D eigenvalue weighted by molar-refractivity contribution is -0.138. The van der Waals surface area contributed by atoms with E-state index in [1.807, 2.05) is 0 Å². The first-order valence-electron chi connectivity index (χ1n) is 11.8. The molecule has 3 rings (SSSR count). The molecule has 0 heterocycles. The van der Waals surface area contributed by atoms with Crippen molar-refractivity contribution in [1.29, 1.82) is 47.4 Å². The molecule has 15 heteroatoms. The van der Waals surface area contributed by atoms with Crippen LogP contribution in [0, 0.1) is 102 Å². The van der Waals surface area contributed by atoms with Crippen molar-refractivity contribution in [3.05, 3.63) is 102 Å². The first-order chi connectivity index (χ1) is 21.7. The van der Waals surface area contributed by atoms with Crippen LogP contribution in [0.15, 0.2) is 30.3 Å². The van der Waals surface area contributed by atoms with E-state index in [4.69, 9.17) is 0 Å². The number of rotatable bonds is 2. The maximum absolute atomic E-state index is 13.5. The van der Waals surface area contributed by atoms with Crippen LogP contribution < -0.4 is 10.4 Å². The molecule has 0 aliphatic rings. The van der Waals surface area contributed by atoms with Crippen LogP contribution in [0.25, 0.3) is 11.1 Å². The van der Waals surface area contributed by atoms with Crippen molar-refractivity contribution in [2.45, 2.75) is 12.4 Å². The van der Waals surface area contributed by atoms with Gasteiger partial charge in [0.2, 0.25) is 0 Å². The van der Waals surface area contributed by atoms with E-state index in [0.717, 1.165) is 6.07 Å². The highest BCUT2D eigenvalue weighted by Gasteiger charge is 2.36. The van der Waals surface area contributed by atoms with Gasteiger partial charge < -0.3 is 0 Å². The van der Waals surface area contributed by atoms with Gasteiger partial charge in [0.15, 0.2) is 0 Å². The lowest BCUT2D eigenvalue weighted by Gasteiger charge is -2.13. The highest BCUT2D eigenvalue weighted by molar-refractivity contribution is 5.86. The molecule has 46 heavy (non-hydrogen) atoms. The third-order valence-electron chi connectivity index (χ3n) is 6.36. The van der Waals surface area contributed by atoms with E-state index in [1.165, 1.54) is 24.3 Å². The van der Waals surface area contributed by atoms with Crippen LogP contribution in [-0.2, 0) is 12.4 Å². The Bertz CT molecular complexity index is 2390. The van der Waals surface area contributed by atoms with Crippen molar-refractivity contribution in [3.8, 4) is 54.6 Å². The summed E-state index contributed by atoms with van der Waals surface area (Å²) in [5, 5.41) is 86.7. The third-order valence-corrected chi connectivity index (χ3v) is 6.36. The highest BCUT2D eigenvalue weighted by Crippen LogP contribution is 2.36. The van der Waals surface area contributed by atoms with Gasteiger partial charge in [0.1, 0.15) is 24.3 Å². The molecule has 0 aliphatic heterocycles. The Morgan fingerprint density at radius 3 is 1.15 bits per heavy atom. The number of hydrogen-bond acceptors (Lipinski definition) is 9. The molecule has 0 saturated heterocycles. The Kier molecular flexibility index (Phi) is 8.81. The van der Waals surface area contributed by atoms with Crippen molar-refractivity contribution in [2.24, 2.45) is 0 Å². The van der Waals surface area contributed by atoms with Gasteiger partial charge in [-0.1, -0.05) is 0 Å². The van der Waals surface area contributed by atoms with Gasteiger partial charge in [-0.3, -0.25) is 0 Å². The fraction of sp³-hybridized carbons (Fsp3) is 0.0645. The summed E-state index contributed by atoms with van der Waals surface area (Å²) in [5.41, 5.74) is -11.6. The number of nitrogens with zero attached hydrogens (tertiary/aromatic N) is 9. The molecular formula is C31H5F6N9. The summed E-state index contributed by atoms with van der Waals surface area (Å²) in [6, 6.07) is 15.9. The smallest absolute Gasteiger partial charge is 0.192 e. The minimum Gasteiger partial charge on any atom is -0.192 e. The summed E-state index contributed by atoms with van der Waals surface area (Å²) in [5.74, 6) is 0. The maximum atomic E-state index is 13.5. The SMILES string of the molecule is N#C/C(c1cc(C#N)c(C(F)(F)F)cc1C#N)=c1/cc(C#N)/c(=C(/C#N)c2cc(C#N)c(C(F)(F)F)cc2C#N)c(C#N)c1C#N. The number of hydrogen-bond donors (Lipinski definition) is 0. The molecule has 0 unspecified atom stereocenters. The zero-order valence-electron chi connectivity index (χ0n) is 22.2. The average Bonchev–Trinajstić information content (AvgIpc) is 3.03. The highest BCUT2D eigenvalue weighted by atomic mass is 19.4. The molecule has 216 valence electrons. The summed E-state index contributed by atoms with van der Waals surface area (Å²) < 4.78 is 81.1. The molecule has 0 N–H and O–H groups in total. The topological polar surface area (TPSA) is 214 Å². The first-order valence-corrected chi connectivity index (χ1v) is 11.8. The van der Waals surface area contributed by atoms with Crippen LogP contribution >= 0.6 is 0 Å². The second kappa shape index (κ2) is 12.3. The molecule has 3 aromatic carbocycles. The van der Waals surface area contributed by atoms with Gasteiger partial charge in [-0.25, -0.2) is 0 Å². The van der Waals surface area contributed by atoms with E-state index in [-0.39, 0.29) is 6.07 Å². The van der Waals surface area contributed by atoms with E-state index in [1.54, 1.807) is 30.3 Å². The molecular weight excluding hydrogens is 612 g/mol. The molecule has 0 aromatic heterocycles. The van der Waals surface area contributed by atoms with Crippen LogP contribution in [0.1, 0.15) is 61.2 Å². The molecule has 0 atom stereocenters. The summed E-state index contributed by atoms with van der Waals surface area (Å²) in [4.78, 5) is 0. The molecule has 0 spiro atoms. The fourth-order valence-corrected chi connectivity index (χ4v) is 4.42. The normalized spacial score (nSPS) is 11.8. The predicted molar refractivity (Wildman–Crippen MR) is 138 cm³/mol. The largest absolute Gasteiger partial charge is 0.417 e. The molecule has 0 radical (unpaired) electrons. The number of nitriles is 9. The number of benzene rings is 3. The van der Waals surface area contributed by atoms with E-state index in [0.29, 0.717) is 18.2 Å². The van der Waals surface area contributed by atoms with Crippen LogP contribution in [0.3, 0.4) is 0 Å². The fourth-order valence-electron chi connectivity index (χ4n) is 4.42. The van der Waals surface area contributed by atoms with Crippen molar-refractivity contribution in [2.75, 3.05) is 0 Å². The lowest BCUT2D eigenvalue weighted by Crippen LogP contribution is -2.27. The van der Waals surface area contributed by atoms with Crippen molar-refractivity contribution < 1.29 is 26.3 Å². The zero-order valence-corrected chi connectivity index (χ0v) is 22.2. The van der Waals surface area contributed by atoms with Crippen LogP contribution in [0.2, 0.25) is 0 Å². The molecule has 0 bridgehead atoms. The summed E-state index contributed by atoms with van der Waals surface area (Å²) in [7, 11) is 0. The van der Waals surface area contributed by atoms with E-state index >= 15 is 0 Å². The molecule has 0 aliphatic carbocycles. The minimum atomic E-state index is -5.09. The van der Waals surface area contributed by atoms with Crippen molar-refractivity contribution in [1.82, 2.24) is 0 Å². The van der Waals surface area contributed by atoms with Gasteiger partial charge in [-0.05, 0) is 30.3 Å². The second-order valence-corrected chi connectivity index (χ2v) is 8.74. The van der Waals surface area contributed by atoms with Gasteiger partial charge in [0.25, 0.3) is 0 Å². The van der Waals surface area contributed by atoms with Crippen molar-refractivity contribution in [3.63, 3.8) is 0 Å². The van der Waals surface area contributed by atoms with Crippen LogP contribution in [-0.4, -0.2) is 0 Å². The summed E-state index contributed by atoms with van der Waals surface area (Å²) in [6.07, 6.45) is -10.2. The van der Waals surface area contributed by atoms with Gasteiger partial charge in [-0.2, -0.15) is 73.7 Å². The average molecular weight is 617 g/mol. The van der Waals surface area contributed by atoms with Crippen LogP contribution in [0.4, 0.5) is 26.3 Å². The molecule has 0 amide bonds. The van der Waals surface area contributed by atoms with Gasteiger partial charge in [-0.15, -0.1) is 0 Å². The third kappa shape index (κ3) is 5.58. The van der Waals surface area contributed by atoms with Crippen molar-refractivity contribution >= 4 is 11.1 Å². The van der Waals surface area contributed by atoms with Gasteiger partial charge in [0, 0.05) is 21.6 Å². The zero-order chi connectivity index (χ0) is 34.6. The Hall–Kier alpha value is -7.61. The monoisotopic (exact) mass is 617 g/mol. The van der Waals surface area contributed by atoms with Gasteiger partial charge >= 0.3 is 12.4 Å². The van der Waals surface area contributed by atoms with Gasteiger partial charge in [0.05, 0.1) is 91.6 Å². The number of alkyl halides is 6. The predicted octanol–water partition coefficient (Wildman–Crippen LogP) is 4.27. The Morgan fingerprint density at radius 1 is 0.435 bits per heavy atom. The molecule has 9 nitrogen and oxygen atoms in total.